The lowest BCUT2D eigenvalue weighted by Gasteiger charge is -2.24. The molecule has 3 nitrogen and oxygen atoms in total. The molecule has 4 heteroatoms. The van der Waals surface area contributed by atoms with Gasteiger partial charge in [-0.1, -0.05) is 6.92 Å². The van der Waals surface area contributed by atoms with E-state index in [1.807, 2.05) is 19.4 Å². The van der Waals surface area contributed by atoms with E-state index in [0.717, 1.165) is 17.6 Å². The molecule has 1 unspecified atom stereocenters. The van der Waals surface area contributed by atoms with Gasteiger partial charge < -0.3 is 5.32 Å². The zero-order valence-corrected chi connectivity index (χ0v) is 12.1. The Morgan fingerprint density at radius 1 is 1.53 bits per heavy atom. The number of rotatable bonds is 4. The smallest absolute Gasteiger partial charge is 0.0410 e. The van der Waals surface area contributed by atoms with Gasteiger partial charge in [0.05, 0.1) is 0 Å². The molecule has 0 saturated carbocycles. The third-order valence-corrected chi connectivity index (χ3v) is 3.84. The van der Waals surface area contributed by atoms with Crippen molar-refractivity contribution in [2.45, 2.75) is 19.9 Å². The van der Waals surface area contributed by atoms with E-state index >= 15 is 0 Å². The molecule has 94 valence electrons. The fourth-order valence-corrected chi connectivity index (χ4v) is 3.04. The van der Waals surface area contributed by atoms with Crippen molar-refractivity contribution in [3.63, 3.8) is 0 Å². The number of aromatic nitrogens is 1. The Kier molecular flexibility index (Phi) is 4.17. The molecule has 2 rings (SSSR count). The van der Waals surface area contributed by atoms with Crippen molar-refractivity contribution < 1.29 is 0 Å². The molecule has 1 aliphatic heterocycles. The SMILES string of the molecule is CNCC1(C)CCN(Cc2cncc(Br)c2)C1. The fraction of sp³-hybridized carbons (Fsp3) is 0.615. The van der Waals surface area contributed by atoms with Gasteiger partial charge in [0.2, 0.25) is 0 Å². The topological polar surface area (TPSA) is 28.2 Å². The minimum absolute atomic E-state index is 0.425. The molecule has 1 aromatic heterocycles. The Morgan fingerprint density at radius 3 is 3.06 bits per heavy atom. The van der Waals surface area contributed by atoms with Crippen LogP contribution < -0.4 is 5.32 Å². The Bertz CT molecular complexity index is 383. The summed E-state index contributed by atoms with van der Waals surface area (Å²) in [6.07, 6.45) is 5.06. The highest BCUT2D eigenvalue weighted by molar-refractivity contribution is 9.10. The van der Waals surface area contributed by atoms with Crippen molar-refractivity contribution in [3.05, 3.63) is 28.5 Å². The summed E-state index contributed by atoms with van der Waals surface area (Å²) < 4.78 is 1.06. The number of likely N-dealkylation sites (tertiary alicyclic amines) is 1. The molecule has 0 aliphatic carbocycles. The largest absolute Gasteiger partial charge is 0.319 e. The standard InChI is InChI=1S/C13H20BrN3/c1-13(9-15-2)3-4-17(10-13)8-11-5-12(14)7-16-6-11/h5-7,15H,3-4,8-10H2,1-2H3. The Labute approximate surface area is 112 Å². The van der Waals surface area contributed by atoms with Crippen LogP contribution in [0, 0.1) is 5.41 Å². The number of nitrogens with one attached hydrogen (secondary N) is 1. The lowest BCUT2D eigenvalue weighted by Crippen LogP contribution is -2.32. The first-order valence-electron chi connectivity index (χ1n) is 6.08. The average molecular weight is 298 g/mol. The minimum atomic E-state index is 0.425. The van der Waals surface area contributed by atoms with Gasteiger partial charge in [0, 0.05) is 36.5 Å². The number of hydrogen-bond donors (Lipinski definition) is 1. The van der Waals surface area contributed by atoms with Crippen LogP contribution in [-0.2, 0) is 6.54 Å². The van der Waals surface area contributed by atoms with Crippen molar-refractivity contribution in [1.82, 2.24) is 15.2 Å². The molecule has 17 heavy (non-hydrogen) atoms. The summed E-state index contributed by atoms with van der Waals surface area (Å²) in [7, 11) is 2.03. The van der Waals surface area contributed by atoms with Gasteiger partial charge in [-0.3, -0.25) is 9.88 Å². The van der Waals surface area contributed by atoms with Crippen molar-refractivity contribution in [2.75, 3.05) is 26.7 Å². The maximum absolute atomic E-state index is 4.21. The first-order valence-corrected chi connectivity index (χ1v) is 6.87. The zero-order valence-electron chi connectivity index (χ0n) is 10.5. The Morgan fingerprint density at radius 2 is 2.35 bits per heavy atom. The molecule has 1 aromatic rings. The normalized spacial score (nSPS) is 25.4. The number of hydrogen-bond acceptors (Lipinski definition) is 3. The highest BCUT2D eigenvalue weighted by Gasteiger charge is 2.32. The molecular formula is C13H20BrN3. The monoisotopic (exact) mass is 297 g/mol. The molecule has 0 radical (unpaired) electrons. The van der Waals surface area contributed by atoms with E-state index in [4.69, 9.17) is 0 Å². The lowest BCUT2D eigenvalue weighted by atomic mass is 9.90. The van der Waals surface area contributed by atoms with Crippen molar-refractivity contribution in [3.8, 4) is 0 Å². The number of nitrogens with zero attached hydrogens (tertiary/aromatic N) is 2. The molecule has 1 fully saturated rings. The van der Waals surface area contributed by atoms with E-state index in [2.05, 4.69) is 44.1 Å². The van der Waals surface area contributed by atoms with Crippen LogP contribution in [0.25, 0.3) is 0 Å². The maximum atomic E-state index is 4.21. The number of pyridine rings is 1. The minimum Gasteiger partial charge on any atom is -0.319 e. The third-order valence-electron chi connectivity index (χ3n) is 3.41. The van der Waals surface area contributed by atoms with Gasteiger partial charge in [0.1, 0.15) is 0 Å². The fourth-order valence-electron chi connectivity index (χ4n) is 2.63. The highest BCUT2D eigenvalue weighted by atomic mass is 79.9. The Balaban J connectivity index is 1.94. The second-order valence-electron chi connectivity index (χ2n) is 5.31. The van der Waals surface area contributed by atoms with Gasteiger partial charge >= 0.3 is 0 Å². The first-order chi connectivity index (χ1) is 8.11. The maximum Gasteiger partial charge on any atom is 0.0410 e. The van der Waals surface area contributed by atoms with Crippen LogP contribution in [0.15, 0.2) is 22.9 Å². The quantitative estimate of drug-likeness (QED) is 0.924. The average Bonchev–Trinajstić information content (AvgIpc) is 2.60. The van der Waals surface area contributed by atoms with Gasteiger partial charge in [0.15, 0.2) is 0 Å². The molecule has 1 N–H and O–H groups in total. The van der Waals surface area contributed by atoms with Crippen molar-refractivity contribution in [1.29, 1.82) is 0 Å². The summed E-state index contributed by atoms with van der Waals surface area (Å²) in [6, 6.07) is 2.15. The van der Waals surface area contributed by atoms with Gasteiger partial charge in [-0.2, -0.15) is 0 Å². The van der Waals surface area contributed by atoms with Crippen LogP contribution in [-0.4, -0.2) is 36.6 Å². The molecule has 0 spiro atoms. The summed E-state index contributed by atoms with van der Waals surface area (Å²) in [5.74, 6) is 0. The van der Waals surface area contributed by atoms with Crippen LogP contribution in [0.5, 0.6) is 0 Å². The van der Waals surface area contributed by atoms with Crippen molar-refractivity contribution in [2.24, 2.45) is 5.41 Å². The molecule has 2 heterocycles. The molecule has 0 aromatic carbocycles. The van der Waals surface area contributed by atoms with Crippen LogP contribution in [0.2, 0.25) is 0 Å². The predicted octanol–water partition coefficient (Wildman–Crippen LogP) is 2.28. The highest BCUT2D eigenvalue weighted by Crippen LogP contribution is 2.30. The first kappa shape index (κ1) is 13.0. The van der Waals surface area contributed by atoms with Gasteiger partial charge in [-0.25, -0.2) is 0 Å². The zero-order chi connectivity index (χ0) is 12.3. The van der Waals surface area contributed by atoms with E-state index in [1.54, 1.807) is 0 Å². The molecule has 0 amide bonds. The van der Waals surface area contributed by atoms with E-state index in [1.165, 1.54) is 25.1 Å². The van der Waals surface area contributed by atoms with Crippen molar-refractivity contribution >= 4 is 15.9 Å². The molecular weight excluding hydrogens is 278 g/mol. The van der Waals surface area contributed by atoms with Crippen LogP contribution in [0.3, 0.4) is 0 Å². The van der Waals surface area contributed by atoms with E-state index in [0.29, 0.717) is 5.41 Å². The molecule has 0 bridgehead atoms. The van der Waals surface area contributed by atoms with E-state index in [-0.39, 0.29) is 0 Å². The van der Waals surface area contributed by atoms with Gasteiger partial charge in [0.25, 0.3) is 0 Å². The molecule has 1 saturated heterocycles. The third kappa shape index (κ3) is 3.50. The second-order valence-corrected chi connectivity index (χ2v) is 6.23. The van der Waals surface area contributed by atoms with Crippen LogP contribution >= 0.6 is 15.9 Å². The Hall–Kier alpha value is -0.450. The van der Waals surface area contributed by atoms with Gasteiger partial charge in [-0.05, 0) is 53.0 Å². The van der Waals surface area contributed by atoms with Crippen LogP contribution in [0.1, 0.15) is 18.9 Å². The molecule has 1 aliphatic rings. The molecule has 1 atom stereocenters. The van der Waals surface area contributed by atoms with E-state index in [9.17, 15) is 0 Å². The summed E-state index contributed by atoms with van der Waals surface area (Å²) >= 11 is 3.47. The van der Waals surface area contributed by atoms with Gasteiger partial charge in [-0.15, -0.1) is 0 Å². The van der Waals surface area contributed by atoms with Crippen LogP contribution in [0.4, 0.5) is 0 Å². The predicted molar refractivity (Wildman–Crippen MR) is 73.9 cm³/mol. The lowest BCUT2D eigenvalue weighted by molar-refractivity contribution is 0.265. The van der Waals surface area contributed by atoms with E-state index < -0.39 is 0 Å². The summed E-state index contributed by atoms with van der Waals surface area (Å²) in [6.45, 7) is 6.82. The number of halogens is 1. The second kappa shape index (κ2) is 5.46. The summed E-state index contributed by atoms with van der Waals surface area (Å²) in [4.78, 5) is 6.73. The summed E-state index contributed by atoms with van der Waals surface area (Å²) in [5, 5.41) is 3.30. The summed E-state index contributed by atoms with van der Waals surface area (Å²) in [5.41, 5.74) is 1.71.